The maximum absolute atomic E-state index is 10.1. The summed E-state index contributed by atoms with van der Waals surface area (Å²) in [7, 11) is 11.4. The molecule has 3 N–H and O–H groups in total. The number of nitrogens with zero attached hydrogens (tertiary/aromatic N) is 3. The Kier molecular flexibility index (Phi) is 16.1. The first kappa shape index (κ1) is 29.6. The predicted molar refractivity (Wildman–Crippen MR) is 119 cm³/mol. The average Bonchev–Trinajstić information content (AvgIpc) is 2.59. The zero-order valence-electron chi connectivity index (χ0n) is 20.2. The normalized spacial score (nSPS) is 17.5. The van der Waals surface area contributed by atoms with E-state index in [1.807, 2.05) is 63.9 Å². The molecular formula is C21H47N3O6. The number of ether oxygens (including phenoxy) is 3. The van der Waals surface area contributed by atoms with Gasteiger partial charge < -0.3 is 44.2 Å². The number of hydrogen-bond donors (Lipinski definition) is 3. The molecule has 0 fully saturated rings. The SMILES string of the molecule is CCC(COCC(O)CN(C)C)(COCC(O)CN(C)C)COCC(O)CN(C)C. The molecule has 0 rings (SSSR count). The molecule has 0 aromatic carbocycles. The van der Waals surface area contributed by atoms with E-state index in [0.29, 0.717) is 39.5 Å². The smallest absolute Gasteiger partial charge is 0.0899 e. The number of aliphatic hydroxyl groups excluding tert-OH is 3. The molecular weight excluding hydrogens is 390 g/mol. The second kappa shape index (κ2) is 16.3. The number of aliphatic hydroxyl groups is 3. The van der Waals surface area contributed by atoms with Gasteiger partial charge in [-0.25, -0.2) is 0 Å². The first-order valence-corrected chi connectivity index (χ1v) is 10.7. The number of rotatable bonds is 19. The molecule has 0 aliphatic heterocycles. The summed E-state index contributed by atoms with van der Waals surface area (Å²) in [5.41, 5.74) is -0.423. The molecule has 0 aromatic rings. The van der Waals surface area contributed by atoms with Crippen molar-refractivity contribution in [3.63, 3.8) is 0 Å². The van der Waals surface area contributed by atoms with Crippen LogP contribution in [0.15, 0.2) is 0 Å². The molecule has 0 bridgehead atoms. The van der Waals surface area contributed by atoms with E-state index in [-0.39, 0.29) is 19.8 Å². The molecule has 0 aliphatic rings. The summed E-state index contributed by atoms with van der Waals surface area (Å²) >= 11 is 0. The number of likely N-dealkylation sites (N-methyl/N-ethyl adjacent to an activating group) is 3. The fraction of sp³-hybridized carbons (Fsp3) is 1.00. The van der Waals surface area contributed by atoms with E-state index in [1.165, 1.54) is 0 Å². The van der Waals surface area contributed by atoms with Gasteiger partial charge in [0.1, 0.15) is 0 Å². The van der Waals surface area contributed by atoms with Crippen LogP contribution in [-0.4, -0.2) is 150 Å². The lowest BCUT2D eigenvalue weighted by Crippen LogP contribution is -2.41. The van der Waals surface area contributed by atoms with E-state index in [0.717, 1.165) is 6.42 Å². The average molecular weight is 438 g/mol. The van der Waals surface area contributed by atoms with Gasteiger partial charge in [0, 0.05) is 25.0 Å². The van der Waals surface area contributed by atoms with Crippen molar-refractivity contribution in [2.45, 2.75) is 31.7 Å². The summed E-state index contributed by atoms with van der Waals surface area (Å²) in [6.45, 7) is 5.40. The van der Waals surface area contributed by atoms with Crippen LogP contribution in [0.4, 0.5) is 0 Å². The van der Waals surface area contributed by atoms with Gasteiger partial charge in [0.05, 0.1) is 58.0 Å². The van der Waals surface area contributed by atoms with Crippen LogP contribution in [0.5, 0.6) is 0 Å². The minimum Gasteiger partial charge on any atom is -0.389 e. The maximum Gasteiger partial charge on any atom is 0.0899 e. The summed E-state index contributed by atoms with van der Waals surface area (Å²) in [4.78, 5) is 5.72. The van der Waals surface area contributed by atoms with Crippen LogP contribution in [0.1, 0.15) is 13.3 Å². The summed E-state index contributed by atoms with van der Waals surface area (Å²) < 4.78 is 17.5. The van der Waals surface area contributed by atoms with E-state index >= 15 is 0 Å². The Morgan fingerprint density at radius 3 is 1.07 bits per heavy atom. The highest BCUT2D eigenvalue weighted by atomic mass is 16.5. The van der Waals surface area contributed by atoms with Crippen LogP contribution in [0.2, 0.25) is 0 Å². The molecule has 3 unspecified atom stereocenters. The van der Waals surface area contributed by atoms with Gasteiger partial charge in [-0.1, -0.05) is 6.92 Å². The first-order chi connectivity index (χ1) is 14.0. The molecule has 182 valence electrons. The molecule has 0 saturated carbocycles. The molecule has 0 heterocycles. The second-order valence-corrected chi connectivity index (χ2v) is 9.15. The van der Waals surface area contributed by atoms with Crippen molar-refractivity contribution in [1.82, 2.24) is 14.7 Å². The number of hydrogen-bond acceptors (Lipinski definition) is 9. The van der Waals surface area contributed by atoms with E-state index in [2.05, 4.69) is 0 Å². The van der Waals surface area contributed by atoms with Gasteiger partial charge in [-0.15, -0.1) is 0 Å². The van der Waals surface area contributed by atoms with Gasteiger partial charge in [-0.05, 0) is 48.7 Å². The van der Waals surface area contributed by atoms with E-state index < -0.39 is 23.7 Å². The fourth-order valence-corrected chi connectivity index (χ4v) is 3.09. The Labute approximate surface area is 183 Å². The zero-order chi connectivity index (χ0) is 23.2. The minimum absolute atomic E-state index is 0.229. The third kappa shape index (κ3) is 15.4. The Hall–Kier alpha value is -0.360. The van der Waals surface area contributed by atoms with Crippen molar-refractivity contribution in [3.8, 4) is 0 Å². The summed E-state index contributed by atoms with van der Waals surface area (Å²) in [6, 6.07) is 0. The minimum atomic E-state index is -0.569. The van der Waals surface area contributed by atoms with Gasteiger partial charge in [0.25, 0.3) is 0 Å². The van der Waals surface area contributed by atoms with Crippen LogP contribution in [0.3, 0.4) is 0 Å². The van der Waals surface area contributed by atoms with Crippen LogP contribution in [-0.2, 0) is 14.2 Å². The van der Waals surface area contributed by atoms with Crippen LogP contribution < -0.4 is 0 Å². The molecule has 3 atom stereocenters. The van der Waals surface area contributed by atoms with Crippen molar-refractivity contribution >= 4 is 0 Å². The van der Waals surface area contributed by atoms with Crippen molar-refractivity contribution in [2.24, 2.45) is 5.41 Å². The van der Waals surface area contributed by atoms with Gasteiger partial charge in [-0.3, -0.25) is 0 Å². The maximum atomic E-state index is 10.1. The van der Waals surface area contributed by atoms with Crippen LogP contribution in [0, 0.1) is 5.41 Å². The zero-order valence-corrected chi connectivity index (χ0v) is 20.2. The Morgan fingerprint density at radius 2 is 0.867 bits per heavy atom. The lowest BCUT2D eigenvalue weighted by atomic mass is 9.88. The second-order valence-electron chi connectivity index (χ2n) is 9.15. The van der Waals surface area contributed by atoms with Crippen LogP contribution >= 0.6 is 0 Å². The van der Waals surface area contributed by atoms with Gasteiger partial charge in [0.2, 0.25) is 0 Å². The molecule has 0 spiro atoms. The van der Waals surface area contributed by atoms with E-state index in [9.17, 15) is 15.3 Å². The standard InChI is InChI=1S/C21H47N3O6/c1-8-21(15-28-12-18(25)9-22(2)3,16-29-13-19(26)10-23(4)5)17-30-14-20(27)11-24(6)7/h18-20,25-27H,8-17H2,1-7H3. The topological polar surface area (TPSA) is 98.1 Å². The summed E-state index contributed by atoms with van der Waals surface area (Å²) in [6.07, 6.45) is -0.967. The van der Waals surface area contributed by atoms with Gasteiger partial charge in [-0.2, -0.15) is 0 Å². The molecule has 30 heavy (non-hydrogen) atoms. The summed E-state index contributed by atoms with van der Waals surface area (Å²) in [5.74, 6) is 0. The lowest BCUT2D eigenvalue weighted by Gasteiger charge is -2.33. The predicted octanol–water partition coefficient (Wildman–Crippen LogP) is -0.800. The fourth-order valence-electron chi connectivity index (χ4n) is 3.09. The monoisotopic (exact) mass is 437 g/mol. The van der Waals surface area contributed by atoms with Crippen molar-refractivity contribution in [3.05, 3.63) is 0 Å². The van der Waals surface area contributed by atoms with E-state index in [4.69, 9.17) is 14.2 Å². The Morgan fingerprint density at radius 1 is 0.600 bits per heavy atom. The quantitative estimate of drug-likeness (QED) is 0.240. The summed E-state index contributed by atoms with van der Waals surface area (Å²) in [5, 5.41) is 30.2. The van der Waals surface area contributed by atoms with Crippen LogP contribution in [0.25, 0.3) is 0 Å². The third-order valence-corrected chi connectivity index (χ3v) is 4.63. The molecule has 0 amide bonds. The Bertz CT molecular complexity index is 357. The van der Waals surface area contributed by atoms with Crippen molar-refractivity contribution in [1.29, 1.82) is 0 Å². The Balaban J connectivity index is 4.75. The van der Waals surface area contributed by atoms with Crippen molar-refractivity contribution < 1.29 is 29.5 Å². The largest absolute Gasteiger partial charge is 0.389 e. The molecule has 0 radical (unpaired) electrons. The highest BCUT2D eigenvalue weighted by molar-refractivity contribution is 4.79. The molecule has 0 aromatic heterocycles. The van der Waals surface area contributed by atoms with E-state index in [1.54, 1.807) is 0 Å². The van der Waals surface area contributed by atoms with Crippen molar-refractivity contribution in [2.75, 3.05) is 102 Å². The first-order valence-electron chi connectivity index (χ1n) is 10.7. The molecule has 9 nitrogen and oxygen atoms in total. The lowest BCUT2D eigenvalue weighted by molar-refractivity contribution is -0.102. The van der Waals surface area contributed by atoms with Gasteiger partial charge in [0.15, 0.2) is 0 Å². The highest BCUT2D eigenvalue weighted by Gasteiger charge is 2.31. The molecule has 9 heteroatoms. The molecule has 0 saturated heterocycles. The highest BCUT2D eigenvalue weighted by Crippen LogP contribution is 2.24. The van der Waals surface area contributed by atoms with Gasteiger partial charge >= 0.3 is 0 Å². The molecule has 0 aliphatic carbocycles. The third-order valence-electron chi connectivity index (χ3n) is 4.63.